The Morgan fingerprint density at radius 2 is 1.75 bits per heavy atom. The van der Waals surface area contributed by atoms with E-state index in [1.807, 2.05) is 6.92 Å². The lowest BCUT2D eigenvalue weighted by Crippen LogP contribution is -2.50. The molecule has 2 saturated heterocycles. The molecule has 8 heteroatoms. The van der Waals surface area contributed by atoms with Crippen LogP contribution in [0.2, 0.25) is 0 Å². The van der Waals surface area contributed by atoms with Crippen molar-refractivity contribution < 1.29 is 9.53 Å². The van der Waals surface area contributed by atoms with Gasteiger partial charge < -0.3 is 25.2 Å². The van der Waals surface area contributed by atoms with Crippen LogP contribution in [-0.2, 0) is 4.74 Å². The Balaban J connectivity index is 0.00000392. The number of nitrogens with one attached hydrogen (secondary N) is 2. The van der Waals surface area contributed by atoms with Crippen LogP contribution in [0, 0.1) is 5.92 Å². The average molecular weight is 509 g/mol. The minimum atomic E-state index is -0.189. The van der Waals surface area contributed by atoms with Gasteiger partial charge in [0, 0.05) is 32.2 Å². The van der Waals surface area contributed by atoms with Crippen LogP contribution in [-0.4, -0.2) is 80.3 Å². The van der Waals surface area contributed by atoms with E-state index in [4.69, 9.17) is 9.73 Å². The summed E-state index contributed by atoms with van der Waals surface area (Å²) in [7, 11) is 0. The number of ether oxygens (including phenoxy) is 1. The topological polar surface area (TPSA) is 69.2 Å². The summed E-state index contributed by atoms with van der Waals surface area (Å²) < 4.78 is 5.09. The van der Waals surface area contributed by atoms with E-state index in [9.17, 15) is 4.79 Å². The summed E-state index contributed by atoms with van der Waals surface area (Å²) in [5.41, 5.74) is 0. The number of guanidine groups is 1. The lowest BCUT2D eigenvalue weighted by Gasteiger charge is -2.33. The zero-order chi connectivity index (χ0) is 19.5. The Morgan fingerprint density at radius 1 is 1.07 bits per heavy atom. The zero-order valence-electron chi connectivity index (χ0n) is 17.9. The van der Waals surface area contributed by atoms with Gasteiger partial charge >= 0.3 is 6.09 Å². The number of nitrogens with zero attached hydrogens (tertiary/aromatic N) is 3. The number of likely N-dealkylation sites (tertiary alicyclic amines) is 2. The summed E-state index contributed by atoms with van der Waals surface area (Å²) in [5, 5.41) is 6.94. The summed E-state index contributed by atoms with van der Waals surface area (Å²) in [6.45, 7) is 13.5. The SMILES string of the molecule is CCCN1CCC(CN=C(NCC)NC2CCN(C(=O)OCC)CC2)CC1.I. The van der Waals surface area contributed by atoms with Crippen LogP contribution in [0.25, 0.3) is 0 Å². The molecule has 0 aromatic carbocycles. The van der Waals surface area contributed by atoms with Crippen molar-refractivity contribution in [1.82, 2.24) is 20.4 Å². The molecule has 2 heterocycles. The lowest BCUT2D eigenvalue weighted by atomic mass is 9.97. The molecule has 0 aromatic rings. The van der Waals surface area contributed by atoms with Crippen LogP contribution in [0.15, 0.2) is 4.99 Å². The predicted molar refractivity (Wildman–Crippen MR) is 126 cm³/mol. The molecule has 0 saturated carbocycles. The van der Waals surface area contributed by atoms with Crippen molar-refractivity contribution in [2.75, 3.05) is 52.4 Å². The highest BCUT2D eigenvalue weighted by atomic mass is 127. The van der Waals surface area contributed by atoms with Crippen molar-refractivity contribution in [3.8, 4) is 0 Å². The van der Waals surface area contributed by atoms with E-state index < -0.39 is 0 Å². The third-order valence-corrected chi connectivity index (χ3v) is 5.46. The van der Waals surface area contributed by atoms with E-state index in [1.54, 1.807) is 4.90 Å². The fourth-order valence-corrected chi connectivity index (χ4v) is 3.86. The van der Waals surface area contributed by atoms with Crippen LogP contribution in [0.3, 0.4) is 0 Å². The first-order valence-electron chi connectivity index (χ1n) is 10.8. The predicted octanol–water partition coefficient (Wildman–Crippen LogP) is 2.90. The maximum atomic E-state index is 11.8. The summed E-state index contributed by atoms with van der Waals surface area (Å²) in [5.74, 6) is 1.61. The van der Waals surface area contributed by atoms with Crippen molar-refractivity contribution >= 4 is 36.0 Å². The van der Waals surface area contributed by atoms with Crippen molar-refractivity contribution in [2.45, 2.75) is 58.9 Å². The molecule has 1 amide bonds. The Bertz CT molecular complexity index is 462. The first kappa shape index (κ1) is 25.3. The maximum Gasteiger partial charge on any atom is 0.409 e. The van der Waals surface area contributed by atoms with Gasteiger partial charge in [0.05, 0.1) is 6.61 Å². The maximum absolute atomic E-state index is 11.8. The first-order valence-corrected chi connectivity index (χ1v) is 10.8. The second kappa shape index (κ2) is 14.3. The normalized spacial score (nSPS) is 19.8. The molecule has 0 radical (unpaired) electrons. The van der Waals surface area contributed by atoms with Crippen LogP contribution < -0.4 is 10.6 Å². The number of aliphatic imine (C=N–C) groups is 1. The molecule has 28 heavy (non-hydrogen) atoms. The molecular weight excluding hydrogens is 469 g/mol. The quantitative estimate of drug-likeness (QED) is 0.314. The van der Waals surface area contributed by atoms with Crippen molar-refractivity contribution in [2.24, 2.45) is 10.9 Å². The van der Waals surface area contributed by atoms with E-state index in [1.165, 1.54) is 38.9 Å². The van der Waals surface area contributed by atoms with E-state index in [0.29, 0.717) is 18.6 Å². The van der Waals surface area contributed by atoms with E-state index >= 15 is 0 Å². The molecule has 0 bridgehead atoms. The molecule has 0 spiro atoms. The summed E-state index contributed by atoms with van der Waals surface area (Å²) in [6.07, 6.45) is 5.41. The highest BCUT2D eigenvalue weighted by Gasteiger charge is 2.24. The Kier molecular flexibility index (Phi) is 12.9. The highest BCUT2D eigenvalue weighted by molar-refractivity contribution is 14.0. The van der Waals surface area contributed by atoms with E-state index in [0.717, 1.165) is 45.0 Å². The third-order valence-electron chi connectivity index (χ3n) is 5.46. The molecule has 0 atom stereocenters. The van der Waals surface area contributed by atoms with Gasteiger partial charge in [0.1, 0.15) is 0 Å². The second-order valence-electron chi connectivity index (χ2n) is 7.61. The summed E-state index contributed by atoms with van der Waals surface area (Å²) in [4.78, 5) is 21.0. The molecule has 2 rings (SSSR count). The number of carbonyl (C=O) groups is 1. The number of hydrogen-bond donors (Lipinski definition) is 2. The van der Waals surface area contributed by atoms with Gasteiger partial charge in [0.15, 0.2) is 5.96 Å². The Morgan fingerprint density at radius 3 is 2.32 bits per heavy atom. The number of halogens is 1. The summed E-state index contributed by atoms with van der Waals surface area (Å²) >= 11 is 0. The molecule has 0 aromatic heterocycles. The van der Waals surface area contributed by atoms with Gasteiger partial charge in [-0.1, -0.05) is 6.92 Å². The Labute approximate surface area is 188 Å². The summed E-state index contributed by atoms with van der Waals surface area (Å²) in [6, 6.07) is 0.361. The minimum absolute atomic E-state index is 0. The molecule has 0 aliphatic carbocycles. The molecule has 2 aliphatic heterocycles. The standard InChI is InChI=1S/C20H39N5O2.HI/c1-4-11-24-12-7-17(8-13-24)16-22-19(21-5-2)23-18-9-14-25(15-10-18)20(26)27-6-3;/h17-18H,4-16H2,1-3H3,(H2,21,22,23);1H. The average Bonchev–Trinajstić information content (AvgIpc) is 2.68. The van der Waals surface area contributed by atoms with Crippen LogP contribution in [0.1, 0.15) is 52.9 Å². The lowest BCUT2D eigenvalue weighted by molar-refractivity contribution is 0.0963. The molecular formula is C20H40IN5O2. The molecule has 2 aliphatic rings. The largest absolute Gasteiger partial charge is 0.450 e. The third kappa shape index (κ3) is 8.71. The minimum Gasteiger partial charge on any atom is -0.450 e. The van der Waals surface area contributed by atoms with Crippen molar-refractivity contribution in [1.29, 1.82) is 0 Å². The van der Waals surface area contributed by atoms with Crippen LogP contribution in [0.5, 0.6) is 0 Å². The van der Waals surface area contributed by atoms with E-state index in [2.05, 4.69) is 29.4 Å². The van der Waals surface area contributed by atoms with Gasteiger partial charge in [-0.25, -0.2) is 4.79 Å². The van der Waals surface area contributed by atoms with Gasteiger partial charge in [-0.15, -0.1) is 24.0 Å². The van der Waals surface area contributed by atoms with Gasteiger partial charge in [-0.3, -0.25) is 4.99 Å². The van der Waals surface area contributed by atoms with Crippen molar-refractivity contribution in [3.63, 3.8) is 0 Å². The van der Waals surface area contributed by atoms with Crippen molar-refractivity contribution in [3.05, 3.63) is 0 Å². The van der Waals surface area contributed by atoms with Gasteiger partial charge in [0.25, 0.3) is 0 Å². The molecule has 164 valence electrons. The number of amides is 1. The van der Waals surface area contributed by atoms with Crippen LogP contribution >= 0.6 is 24.0 Å². The fourth-order valence-electron chi connectivity index (χ4n) is 3.86. The Hall–Kier alpha value is -0.770. The van der Waals surface area contributed by atoms with Crippen LogP contribution in [0.4, 0.5) is 4.79 Å². The molecule has 2 fully saturated rings. The number of carbonyl (C=O) groups excluding carboxylic acids is 1. The van der Waals surface area contributed by atoms with Gasteiger partial charge in [-0.2, -0.15) is 0 Å². The number of hydrogen-bond acceptors (Lipinski definition) is 4. The number of rotatable bonds is 7. The molecule has 7 nitrogen and oxygen atoms in total. The monoisotopic (exact) mass is 509 g/mol. The molecule has 0 unspecified atom stereocenters. The number of piperidine rings is 2. The van der Waals surface area contributed by atoms with Gasteiger partial charge in [0.2, 0.25) is 0 Å². The van der Waals surface area contributed by atoms with E-state index in [-0.39, 0.29) is 30.1 Å². The van der Waals surface area contributed by atoms with Gasteiger partial charge in [-0.05, 0) is 71.5 Å². The smallest absolute Gasteiger partial charge is 0.409 e. The molecule has 2 N–H and O–H groups in total. The highest BCUT2D eigenvalue weighted by Crippen LogP contribution is 2.17. The zero-order valence-corrected chi connectivity index (χ0v) is 20.2. The second-order valence-corrected chi connectivity index (χ2v) is 7.61. The fraction of sp³-hybridized carbons (Fsp3) is 0.900. The first-order chi connectivity index (χ1) is 13.2.